The molecule has 0 aromatic rings. The largest absolute Gasteiger partial charge is 0.343 e. The number of carbonyl (C=O) groups is 11. The lowest BCUT2D eigenvalue weighted by Gasteiger charge is -2.40. The molecule has 1 aliphatic heterocycles. The molecule has 0 aliphatic carbocycles. The molecule has 1 rings (SSSR count). The van der Waals surface area contributed by atoms with Gasteiger partial charge in [-0.2, -0.15) is 0 Å². The molecule has 0 aromatic carbocycles. The number of rotatable bonds is 11. The van der Waals surface area contributed by atoms with Gasteiger partial charge in [-0.3, -0.25) is 52.7 Å². The summed E-state index contributed by atoms with van der Waals surface area (Å²) in [7, 11) is 10.1. The number of likely N-dealkylation sites (N-methyl/N-ethyl adjacent to an activating group) is 7. The van der Waals surface area contributed by atoms with Crippen molar-refractivity contribution in [2.75, 3.05) is 55.9 Å². The minimum atomic E-state index is -1.21. The minimum Gasteiger partial charge on any atom is -0.343 e. The first-order valence-electron chi connectivity index (χ1n) is 27.9. The van der Waals surface area contributed by atoms with Crippen molar-refractivity contribution in [3.63, 3.8) is 0 Å². The van der Waals surface area contributed by atoms with E-state index in [0.717, 1.165) is 4.90 Å². The number of nitrogens with one attached hydrogen (secondary N) is 4. The Labute approximate surface area is 466 Å². The second-order valence-corrected chi connectivity index (χ2v) is 24.1. The van der Waals surface area contributed by atoms with Gasteiger partial charge in [-0.05, 0) is 88.4 Å². The third kappa shape index (κ3) is 19.2. The highest BCUT2D eigenvalue weighted by atomic mass is 16.2. The Morgan fingerprint density at radius 1 is 0.397 bits per heavy atom. The van der Waals surface area contributed by atoms with Crippen LogP contribution in [0.1, 0.15) is 143 Å². The molecule has 0 spiro atoms. The molecule has 446 valence electrons. The summed E-state index contributed by atoms with van der Waals surface area (Å²) in [5.41, 5.74) is 0. The molecule has 22 nitrogen and oxygen atoms in total. The lowest BCUT2D eigenvalue weighted by atomic mass is 9.95. The lowest BCUT2D eigenvalue weighted by molar-refractivity contribution is -0.155. The highest BCUT2D eigenvalue weighted by Gasteiger charge is 2.43. The van der Waals surface area contributed by atoms with Crippen LogP contribution in [0.2, 0.25) is 0 Å². The first-order valence-corrected chi connectivity index (χ1v) is 27.9. The Balaban J connectivity index is 4.09. The van der Waals surface area contributed by atoms with Crippen molar-refractivity contribution in [3.05, 3.63) is 0 Å². The summed E-state index contributed by atoms with van der Waals surface area (Å²) in [6, 6.07) is -11.3. The van der Waals surface area contributed by atoms with Crippen molar-refractivity contribution in [2.24, 2.45) is 35.5 Å². The van der Waals surface area contributed by atoms with Crippen molar-refractivity contribution < 1.29 is 52.7 Å². The van der Waals surface area contributed by atoms with Crippen molar-refractivity contribution >= 4 is 65.0 Å². The molecule has 0 bridgehead atoms. The van der Waals surface area contributed by atoms with Gasteiger partial charge >= 0.3 is 0 Å². The van der Waals surface area contributed by atoms with Crippen LogP contribution in [0.5, 0.6) is 0 Å². The number of nitrogens with zero attached hydrogens (tertiary/aromatic N) is 7. The first kappa shape index (κ1) is 70.2. The summed E-state index contributed by atoms with van der Waals surface area (Å²) in [6.07, 6.45) is 0.858. The van der Waals surface area contributed by atoms with E-state index in [9.17, 15) is 52.7 Å². The molecule has 0 saturated carbocycles. The SMILES string of the molecule is CC[C@@H]1NC(=O)[C@H](C)N(C)C(=O)[C@H](C(C)C)N(C)C(=O)[C@H](CC(C)C)N(C)C(=O)[C@H](CC(C)C)N(C)C(=O)[C@@H](C)NC(=O)[C@H](C)NC(=O)[C@H](CC(C)C)N(C)C(=O)[C@H](C(C)C)NC(=O)[C@H](CC(C)C)N(C)C(=O)CN(C)C1=O. The van der Waals surface area contributed by atoms with Crippen LogP contribution in [-0.4, -0.2) is 216 Å². The normalized spacial score (nSPS) is 27.3. The molecular weight excluding hydrogens is 1000 g/mol. The number of hydrogen-bond donors (Lipinski definition) is 4. The zero-order valence-corrected chi connectivity index (χ0v) is 51.6. The summed E-state index contributed by atoms with van der Waals surface area (Å²) in [4.78, 5) is 166. The van der Waals surface area contributed by atoms with E-state index in [-0.39, 0.29) is 55.8 Å². The Kier molecular flexibility index (Phi) is 28.0. The molecule has 1 fully saturated rings. The van der Waals surface area contributed by atoms with Crippen LogP contribution in [0.3, 0.4) is 0 Å². The summed E-state index contributed by atoms with van der Waals surface area (Å²) >= 11 is 0. The number of carbonyl (C=O) groups excluding carboxylic acids is 11. The molecular formula is C56H101N11O11. The van der Waals surface area contributed by atoms with Crippen LogP contribution >= 0.6 is 0 Å². The Morgan fingerprint density at radius 2 is 0.795 bits per heavy atom. The number of amides is 11. The van der Waals surface area contributed by atoms with E-state index in [1.807, 2.05) is 55.4 Å². The van der Waals surface area contributed by atoms with Gasteiger partial charge in [0.25, 0.3) is 0 Å². The maximum absolute atomic E-state index is 14.8. The fourth-order valence-electron chi connectivity index (χ4n) is 9.58. The van der Waals surface area contributed by atoms with Crippen LogP contribution < -0.4 is 21.3 Å². The fourth-order valence-corrected chi connectivity index (χ4v) is 9.58. The Hall–Kier alpha value is -5.83. The van der Waals surface area contributed by atoms with Crippen LogP contribution in [0, 0.1) is 35.5 Å². The van der Waals surface area contributed by atoms with E-state index in [0.29, 0.717) is 0 Å². The summed E-state index contributed by atoms with van der Waals surface area (Å²) in [5, 5.41) is 11.0. The molecule has 78 heavy (non-hydrogen) atoms. The van der Waals surface area contributed by atoms with Gasteiger partial charge < -0.3 is 55.6 Å². The first-order chi connectivity index (χ1) is 35.8. The summed E-state index contributed by atoms with van der Waals surface area (Å²) in [5.74, 6) is -8.20. The molecule has 11 amide bonds. The topological polar surface area (TPSA) is 259 Å². The quantitative estimate of drug-likeness (QED) is 0.234. The molecule has 10 atom stereocenters. The zero-order chi connectivity index (χ0) is 60.7. The van der Waals surface area contributed by atoms with Gasteiger partial charge in [-0.25, -0.2) is 0 Å². The van der Waals surface area contributed by atoms with Crippen LogP contribution in [-0.2, 0) is 52.7 Å². The van der Waals surface area contributed by atoms with Crippen molar-refractivity contribution in [1.29, 1.82) is 0 Å². The minimum absolute atomic E-state index is 0.106. The van der Waals surface area contributed by atoms with Crippen molar-refractivity contribution in [1.82, 2.24) is 55.6 Å². The smallest absolute Gasteiger partial charge is 0.246 e. The molecule has 22 heteroatoms. The van der Waals surface area contributed by atoms with E-state index in [1.54, 1.807) is 34.6 Å². The van der Waals surface area contributed by atoms with E-state index in [4.69, 9.17) is 0 Å². The standard InChI is InChI=1S/C56H101N11O11/c1-24-39-52(74)61(17)29-44(68)63(19)40(25-30(2)3)50(72)60-45(34(10)11)55(77)64(20)41(26-31(4)5)49(71)57-36(14)47(69)58-37(15)51(73)65(21)42(27-32(6)7)53(75)66(22)43(28-33(8)9)54(76)67(23)46(35(12)13)56(78)62(18)38(16)48(70)59-39/h30-43,45-46H,24-29H2,1-23H3,(H,57,71)(H,58,69)(H,59,70)(H,60,72)/t36-,37+,38-,39-,40-,41-,42-,43-,45-,46-/m0/s1. The van der Waals surface area contributed by atoms with Crippen molar-refractivity contribution in [3.8, 4) is 0 Å². The van der Waals surface area contributed by atoms with Gasteiger partial charge in [0, 0.05) is 49.3 Å². The molecule has 1 aliphatic rings. The molecule has 0 radical (unpaired) electrons. The van der Waals surface area contributed by atoms with Gasteiger partial charge in [0.15, 0.2) is 0 Å². The van der Waals surface area contributed by atoms with Crippen molar-refractivity contribution in [2.45, 2.75) is 203 Å². The second kappa shape index (κ2) is 31.1. The molecule has 4 N–H and O–H groups in total. The monoisotopic (exact) mass is 1100 g/mol. The van der Waals surface area contributed by atoms with Crippen LogP contribution in [0.15, 0.2) is 0 Å². The fraction of sp³-hybridized carbons (Fsp3) is 0.804. The van der Waals surface area contributed by atoms with E-state index in [1.165, 1.54) is 99.5 Å². The highest BCUT2D eigenvalue weighted by molar-refractivity contribution is 5.99. The Morgan fingerprint density at radius 3 is 1.23 bits per heavy atom. The lowest BCUT2D eigenvalue weighted by Crippen LogP contribution is -2.61. The summed E-state index contributed by atoms with van der Waals surface area (Å²) < 4.78 is 0. The number of hydrogen-bond acceptors (Lipinski definition) is 11. The average molecular weight is 1100 g/mol. The third-order valence-corrected chi connectivity index (χ3v) is 14.7. The van der Waals surface area contributed by atoms with Gasteiger partial charge in [0.05, 0.1) is 6.54 Å². The maximum atomic E-state index is 14.8. The molecule has 0 aromatic heterocycles. The molecule has 1 heterocycles. The van der Waals surface area contributed by atoms with Gasteiger partial charge in [0.2, 0.25) is 65.0 Å². The predicted molar refractivity (Wildman–Crippen MR) is 300 cm³/mol. The van der Waals surface area contributed by atoms with Gasteiger partial charge in [-0.1, -0.05) is 90.0 Å². The van der Waals surface area contributed by atoms with Gasteiger partial charge in [-0.15, -0.1) is 0 Å². The van der Waals surface area contributed by atoms with Crippen LogP contribution in [0.25, 0.3) is 0 Å². The Bertz CT molecular complexity index is 2120. The van der Waals surface area contributed by atoms with E-state index in [2.05, 4.69) is 21.3 Å². The highest BCUT2D eigenvalue weighted by Crippen LogP contribution is 2.24. The maximum Gasteiger partial charge on any atom is 0.246 e. The second-order valence-electron chi connectivity index (χ2n) is 24.1. The van der Waals surface area contributed by atoms with E-state index < -0.39 is 144 Å². The zero-order valence-electron chi connectivity index (χ0n) is 51.6. The average Bonchev–Trinajstić information content (AvgIpc) is 3.35. The van der Waals surface area contributed by atoms with Crippen LogP contribution in [0.4, 0.5) is 0 Å². The molecule has 1 saturated heterocycles. The third-order valence-electron chi connectivity index (χ3n) is 14.7. The predicted octanol–water partition coefficient (Wildman–Crippen LogP) is 2.33. The van der Waals surface area contributed by atoms with E-state index >= 15 is 0 Å². The molecule has 0 unspecified atom stereocenters. The van der Waals surface area contributed by atoms with Gasteiger partial charge in [0.1, 0.15) is 60.4 Å². The summed E-state index contributed by atoms with van der Waals surface area (Å²) in [6.45, 7) is 27.6.